The van der Waals surface area contributed by atoms with Gasteiger partial charge in [-0.15, -0.1) is 0 Å². The minimum Gasteiger partial charge on any atom is -0.505 e. The number of aromatic nitrogens is 2. The maximum absolute atomic E-state index is 9.47. The summed E-state index contributed by atoms with van der Waals surface area (Å²) in [4.78, 5) is 0. The van der Waals surface area contributed by atoms with Gasteiger partial charge in [-0.25, -0.2) is 0 Å². The number of phenolic OH excluding ortho intramolecular Hbond substituents is 1. The standard InChI is InChI=1S/C13H15Cl2N3O/c1-2-3-18-8-9(7-17-18)6-16-10-4-11(14)13(19)12(15)5-10/h4-5,7-8,16,19H,2-3,6H2,1H3. The van der Waals surface area contributed by atoms with Crippen molar-refractivity contribution >= 4 is 28.9 Å². The highest BCUT2D eigenvalue weighted by molar-refractivity contribution is 6.37. The van der Waals surface area contributed by atoms with Crippen LogP contribution in [0.1, 0.15) is 18.9 Å². The van der Waals surface area contributed by atoms with Crippen molar-refractivity contribution < 1.29 is 5.11 Å². The topological polar surface area (TPSA) is 50.1 Å². The Morgan fingerprint density at radius 3 is 2.63 bits per heavy atom. The predicted octanol–water partition coefficient (Wildman–Crippen LogP) is 3.92. The Balaban J connectivity index is 2.01. The van der Waals surface area contributed by atoms with Crippen molar-refractivity contribution in [2.45, 2.75) is 26.4 Å². The van der Waals surface area contributed by atoms with Crippen LogP contribution >= 0.6 is 23.2 Å². The summed E-state index contributed by atoms with van der Waals surface area (Å²) in [6, 6.07) is 3.28. The third kappa shape index (κ3) is 3.55. The van der Waals surface area contributed by atoms with Gasteiger partial charge in [0.25, 0.3) is 0 Å². The average Bonchev–Trinajstić information content (AvgIpc) is 2.81. The van der Waals surface area contributed by atoms with E-state index in [4.69, 9.17) is 23.2 Å². The van der Waals surface area contributed by atoms with E-state index >= 15 is 0 Å². The third-order valence-corrected chi connectivity index (χ3v) is 3.23. The molecule has 6 heteroatoms. The number of nitrogens with zero attached hydrogens (tertiary/aromatic N) is 2. The largest absolute Gasteiger partial charge is 0.505 e. The van der Waals surface area contributed by atoms with Crippen LogP contribution in [-0.4, -0.2) is 14.9 Å². The number of hydrogen-bond acceptors (Lipinski definition) is 3. The molecular weight excluding hydrogens is 285 g/mol. The highest BCUT2D eigenvalue weighted by Gasteiger charge is 2.06. The molecule has 0 aliphatic rings. The SMILES string of the molecule is CCCn1cc(CNc2cc(Cl)c(O)c(Cl)c2)cn1. The van der Waals surface area contributed by atoms with E-state index in [0.717, 1.165) is 24.2 Å². The lowest BCUT2D eigenvalue weighted by molar-refractivity contribution is 0.476. The van der Waals surface area contributed by atoms with Gasteiger partial charge in [-0.2, -0.15) is 5.10 Å². The molecule has 0 fully saturated rings. The van der Waals surface area contributed by atoms with Crippen LogP contribution in [0.5, 0.6) is 5.75 Å². The lowest BCUT2D eigenvalue weighted by Gasteiger charge is -2.07. The molecular formula is C13H15Cl2N3O. The van der Waals surface area contributed by atoms with Gasteiger partial charge in [0, 0.05) is 30.5 Å². The molecule has 0 aliphatic heterocycles. The Morgan fingerprint density at radius 1 is 1.32 bits per heavy atom. The molecule has 1 heterocycles. The number of phenols is 1. The maximum atomic E-state index is 9.47. The molecule has 0 spiro atoms. The van der Waals surface area contributed by atoms with Crippen molar-refractivity contribution in [2.75, 3.05) is 5.32 Å². The molecule has 2 rings (SSSR count). The normalized spacial score (nSPS) is 10.7. The van der Waals surface area contributed by atoms with Gasteiger partial charge >= 0.3 is 0 Å². The lowest BCUT2D eigenvalue weighted by Crippen LogP contribution is -1.99. The van der Waals surface area contributed by atoms with E-state index in [9.17, 15) is 5.11 Å². The summed E-state index contributed by atoms with van der Waals surface area (Å²) in [6.07, 6.45) is 4.88. The van der Waals surface area contributed by atoms with Crippen molar-refractivity contribution in [1.29, 1.82) is 0 Å². The van der Waals surface area contributed by atoms with Crippen molar-refractivity contribution in [3.63, 3.8) is 0 Å². The zero-order valence-electron chi connectivity index (χ0n) is 10.5. The Hall–Kier alpha value is -1.39. The smallest absolute Gasteiger partial charge is 0.152 e. The number of rotatable bonds is 5. The Morgan fingerprint density at radius 2 is 2.00 bits per heavy atom. The fourth-order valence-corrected chi connectivity index (χ4v) is 2.21. The molecule has 2 aromatic rings. The van der Waals surface area contributed by atoms with E-state index in [0.29, 0.717) is 6.54 Å². The summed E-state index contributed by atoms with van der Waals surface area (Å²) < 4.78 is 1.91. The first-order chi connectivity index (χ1) is 9.10. The number of anilines is 1. The Labute approximate surface area is 122 Å². The number of halogens is 2. The minimum atomic E-state index is -0.0929. The first-order valence-corrected chi connectivity index (χ1v) is 6.79. The summed E-state index contributed by atoms with van der Waals surface area (Å²) in [6.45, 7) is 3.65. The van der Waals surface area contributed by atoms with Crippen molar-refractivity contribution in [2.24, 2.45) is 0 Å². The molecule has 102 valence electrons. The van der Waals surface area contributed by atoms with Crippen LogP contribution in [0.15, 0.2) is 24.5 Å². The second kappa shape index (κ2) is 6.17. The highest BCUT2D eigenvalue weighted by Crippen LogP contribution is 2.34. The summed E-state index contributed by atoms with van der Waals surface area (Å²) in [5, 5.41) is 17.4. The van der Waals surface area contributed by atoms with Gasteiger partial charge in [0.15, 0.2) is 5.75 Å². The third-order valence-electron chi connectivity index (χ3n) is 2.65. The maximum Gasteiger partial charge on any atom is 0.152 e. The second-order valence-corrected chi connectivity index (χ2v) is 5.07. The monoisotopic (exact) mass is 299 g/mol. The fraction of sp³-hybridized carbons (Fsp3) is 0.308. The molecule has 0 aliphatic carbocycles. The van der Waals surface area contributed by atoms with Crippen LogP contribution in [0.4, 0.5) is 5.69 Å². The number of aromatic hydroxyl groups is 1. The van der Waals surface area contributed by atoms with Gasteiger partial charge < -0.3 is 10.4 Å². The quantitative estimate of drug-likeness (QED) is 0.823. The summed E-state index contributed by atoms with van der Waals surface area (Å²) in [7, 11) is 0. The van der Waals surface area contributed by atoms with Crippen LogP contribution in [-0.2, 0) is 13.1 Å². The molecule has 1 aromatic carbocycles. The number of hydrogen-bond donors (Lipinski definition) is 2. The van der Waals surface area contributed by atoms with E-state index in [1.54, 1.807) is 12.1 Å². The van der Waals surface area contributed by atoms with E-state index in [-0.39, 0.29) is 15.8 Å². The molecule has 4 nitrogen and oxygen atoms in total. The first-order valence-electron chi connectivity index (χ1n) is 6.03. The van der Waals surface area contributed by atoms with Gasteiger partial charge in [-0.1, -0.05) is 30.1 Å². The summed E-state index contributed by atoms with van der Waals surface area (Å²) in [5.74, 6) is -0.0929. The van der Waals surface area contributed by atoms with Crippen LogP contribution in [0.2, 0.25) is 10.0 Å². The predicted molar refractivity (Wildman–Crippen MR) is 78.0 cm³/mol. The molecule has 0 atom stereocenters. The molecule has 0 saturated heterocycles. The molecule has 1 aromatic heterocycles. The zero-order chi connectivity index (χ0) is 13.8. The Bertz CT molecular complexity index is 546. The van der Waals surface area contributed by atoms with E-state index in [2.05, 4.69) is 17.3 Å². The molecule has 2 N–H and O–H groups in total. The van der Waals surface area contributed by atoms with Gasteiger partial charge in [0.05, 0.1) is 16.2 Å². The minimum absolute atomic E-state index is 0.0929. The molecule has 0 saturated carbocycles. The molecule has 0 amide bonds. The van der Waals surface area contributed by atoms with Crippen LogP contribution in [0.25, 0.3) is 0 Å². The molecule has 0 radical (unpaired) electrons. The number of benzene rings is 1. The molecule has 0 bridgehead atoms. The number of nitrogens with one attached hydrogen (secondary N) is 1. The Kier molecular flexibility index (Phi) is 4.56. The second-order valence-electron chi connectivity index (χ2n) is 4.25. The summed E-state index contributed by atoms with van der Waals surface area (Å²) >= 11 is 11.7. The van der Waals surface area contributed by atoms with E-state index in [1.807, 2.05) is 17.1 Å². The van der Waals surface area contributed by atoms with Crippen molar-refractivity contribution in [3.05, 3.63) is 40.1 Å². The molecule has 0 unspecified atom stereocenters. The highest BCUT2D eigenvalue weighted by atomic mass is 35.5. The van der Waals surface area contributed by atoms with Gasteiger partial charge in [-0.3, -0.25) is 4.68 Å². The van der Waals surface area contributed by atoms with Crippen LogP contribution in [0.3, 0.4) is 0 Å². The number of aryl methyl sites for hydroxylation is 1. The van der Waals surface area contributed by atoms with Gasteiger partial charge in [-0.05, 0) is 18.6 Å². The lowest BCUT2D eigenvalue weighted by atomic mass is 10.3. The first kappa shape index (κ1) is 14.0. The zero-order valence-corrected chi connectivity index (χ0v) is 12.0. The van der Waals surface area contributed by atoms with Crippen LogP contribution < -0.4 is 5.32 Å². The average molecular weight is 300 g/mol. The fourth-order valence-electron chi connectivity index (χ4n) is 1.72. The van der Waals surface area contributed by atoms with Gasteiger partial charge in [0.1, 0.15) is 0 Å². The van der Waals surface area contributed by atoms with Crippen molar-refractivity contribution in [1.82, 2.24) is 9.78 Å². The van der Waals surface area contributed by atoms with Crippen molar-refractivity contribution in [3.8, 4) is 5.75 Å². The van der Waals surface area contributed by atoms with E-state index in [1.165, 1.54) is 0 Å². The van der Waals surface area contributed by atoms with Crippen LogP contribution in [0, 0.1) is 0 Å². The van der Waals surface area contributed by atoms with E-state index < -0.39 is 0 Å². The summed E-state index contributed by atoms with van der Waals surface area (Å²) in [5.41, 5.74) is 1.84. The molecule has 19 heavy (non-hydrogen) atoms. The van der Waals surface area contributed by atoms with Gasteiger partial charge in [0.2, 0.25) is 0 Å².